The van der Waals surface area contributed by atoms with Crippen LogP contribution >= 0.6 is 0 Å². The monoisotopic (exact) mass is 286 g/mol. The van der Waals surface area contributed by atoms with Crippen molar-refractivity contribution in [1.29, 1.82) is 0 Å². The standard InChI is InChI=1S/C12H22N4O2S/c1-4-15(5-2)11-6-7-16(9-11)19(17,18)12-8-13-14-10(12)3/h8,11H,4-7,9H2,1-3H3,(H,13,14). The van der Waals surface area contributed by atoms with E-state index in [9.17, 15) is 8.42 Å². The van der Waals surface area contributed by atoms with E-state index >= 15 is 0 Å². The number of nitrogens with one attached hydrogen (secondary N) is 1. The van der Waals surface area contributed by atoms with Gasteiger partial charge in [-0.25, -0.2) is 8.42 Å². The molecule has 1 atom stereocenters. The molecule has 0 aromatic carbocycles. The van der Waals surface area contributed by atoms with Gasteiger partial charge in [0.1, 0.15) is 4.90 Å². The highest BCUT2D eigenvalue weighted by molar-refractivity contribution is 7.89. The topological polar surface area (TPSA) is 69.3 Å². The van der Waals surface area contributed by atoms with E-state index in [4.69, 9.17) is 0 Å². The van der Waals surface area contributed by atoms with Crippen molar-refractivity contribution in [3.05, 3.63) is 11.9 Å². The van der Waals surface area contributed by atoms with Crippen molar-refractivity contribution in [3.8, 4) is 0 Å². The zero-order valence-corrected chi connectivity index (χ0v) is 12.6. The van der Waals surface area contributed by atoms with Gasteiger partial charge in [-0.3, -0.25) is 10.00 Å². The fourth-order valence-electron chi connectivity index (χ4n) is 2.71. The largest absolute Gasteiger partial charge is 0.300 e. The molecule has 2 heterocycles. The maximum absolute atomic E-state index is 12.5. The van der Waals surface area contributed by atoms with Gasteiger partial charge >= 0.3 is 0 Å². The van der Waals surface area contributed by atoms with Gasteiger partial charge in [0.15, 0.2) is 0 Å². The molecule has 1 aliphatic rings. The Morgan fingerprint density at radius 3 is 2.68 bits per heavy atom. The predicted octanol–water partition coefficient (Wildman–Crippen LogP) is 0.823. The molecular formula is C12H22N4O2S. The van der Waals surface area contributed by atoms with Crippen molar-refractivity contribution >= 4 is 10.0 Å². The molecule has 1 N–H and O–H groups in total. The summed E-state index contributed by atoms with van der Waals surface area (Å²) in [5, 5.41) is 6.49. The summed E-state index contributed by atoms with van der Waals surface area (Å²) < 4.78 is 26.6. The minimum absolute atomic E-state index is 0.299. The molecule has 108 valence electrons. The van der Waals surface area contributed by atoms with Crippen molar-refractivity contribution in [2.45, 2.75) is 38.1 Å². The van der Waals surface area contributed by atoms with E-state index in [1.165, 1.54) is 6.20 Å². The first kappa shape index (κ1) is 14.5. The Morgan fingerprint density at radius 1 is 1.47 bits per heavy atom. The molecule has 1 aromatic heterocycles. The van der Waals surface area contributed by atoms with Gasteiger partial charge in [0.05, 0.1) is 11.9 Å². The van der Waals surface area contributed by atoms with E-state index in [-0.39, 0.29) is 0 Å². The van der Waals surface area contributed by atoms with E-state index < -0.39 is 10.0 Å². The van der Waals surface area contributed by atoms with E-state index in [1.807, 2.05) is 0 Å². The molecule has 1 aromatic rings. The fourth-order valence-corrected chi connectivity index (χ4v) is 4.32. The lowest BCUT2D eigenvalue weighted by Gasteiger charge is -2.26. The average molecular weight is 286 g/mol. The van der Waals surface area contributed by atoms with Crippen LogP contribution in [0.4, 0.5) is 0 Å². The van der Waals surface area contributed by atoms with E-state index in [0.717, 1.165) is 19.5 Å². The van der Waals surface area contributed by atoms with Crippen molar-refractivity contribution in [3.63, 3.8) is 0 Å². The van der Waals surface area contributed by atoms with Crippen LogP contribution < -0.4 is 0 Å². The Kier molecular flexibility index (Phi) is 4.27. The molecule has 7 heteroatoms. The molecule has 2 rings (SSSR count). The fraction of sp³-hybridized carbons (Fsp3) is 0.750. The lowest BCUT2D eigenvalue weighted by Crippen LogP contribution is -2.38. The number of H-pyrrole nitrogens is 1. The van der Waals surface area contributed by atoms with Crippen LogP contribution in [0.3, 0.4) is 0 Å². The Hall–Kier alpha value is -0.920. The number of hydrogen-bond acceptors (Lipinski definition) is 4. The van der Waals surface area contributed by atoms with Gasteiger partial charge in [-0.15, -0.1) is 0 Å². The SMILES string of the molecule is CCN(CC)C1CCN(S(=O)(=O)c2cn[nH]c2C)C1. The number of aryl methyl sites for hydroxylation is 1. The summed E-state index contributed by atoms with van der Waals surface area (Å²) in [5.74, 6) is 0. The number of likely N-dealkylation sites (N-methyl/N-ethyl adjacent to an activating group) is 1. The Morgan fingerprint density at radius 2 is 2.16 bits per heavy atom. The molecule has 0 saturated carbocycles. The van der Waals surface area contributed by atoms with E-state index in [0.29, 0.717) is 29.7 Å². The molecule has 6 nitrogen and oxygen atoms in total. The number of rotatable bonds is 5. The maximum atomic E-state index is 12.5. The zero-order chi connectivity index (χ0) is 14.0. The molecule has 19 heavy (non-hydrogen) atoms. The summed E-state index contributed by atoms with van der Waals surface area (Å²) in [4.78, 5) is 2.62. The van der Waals surface area contributed by atoms with Crippen LogP contribution in [0.5, 0.6) is 0 Å². The van der Waals surface area contributed by atoms with Crippen LogP contribution in [0.1, 0.15) is 26.0 Å². The summed E-state index contributed by atoms with van der Waals surface area (Å²) in [7, 11) is -3.40. The van der Waals surface area contributed by atoms with Gasteiger partial charge in [-0.1, -0.05) is 13.8 Å². The second-order valence-electron chi connectivity index (χ2n) is 4.89. The summed E-state index contributed by atoms with van der Waals surface area (Å²) in [5.41, 5.74) is 0.603. The van der Waals surface area contributed by atoms with E-state index in [2.05, 4.69) is 28.9 Å². The third-order valence-electron chi connectivity index (χ3n) is 3.86. The summed E-state index contributed by atoms with van der Waals surface area (Å²) in [6, 6.07) is 0.331. The minimum atomic E-state index is -3.40. The number of sulfonamides is 1. The highest BCUT2D eigenvalue weighted by Crippen LogP contribution is 2.24. The molecule has 1 unspecified atom stereocenters. The lowest BCUT2D eigenvalue weighted by molar-refractivity contribution is 0.224. The summed E-state index contributed by atoms with van der Waals surface area (Å²) in [6.07, 6.45) is 2.30. The van der Waals surface area contributed by atoms with Crippen molar-refractivity contribution in [2.75, 3.05) is 26.2 Å². The van der Waals surface area contributed by atoms with Crippen LogP contribution in [0.25, 0.3) is 0 Å². The first-order valence-corrected chi connectivity index (χ1v) is 8.18. The third-order valence-corrected chi connectivity index (χ3v) is 5.84. The molecule has 0 radical (unpaired) electrons. The zero-order valence-electron chi connectivity index (χ0n) is 11.8. The molecule has 1 aliphatic heterocycles. The van der Waals surface area contributed by atoms with Crippen LogP contribution in [0.2, 0.25) is 0 Å². The quantitative estimate of drug-likeness (QED) is 0.870. The number of aromatic amines is 1. The lowest BCUT2D eigenvalue weighted by atomic mass is 10.2. The first-order chi connectivity index (χ1) is 9.00. The van der Waals surface area contributed by atoms with Gasteiger partial charge in [0.25, 0.3) is 0 Å². The highest BCUT2D eigenvalue weighted by atomic mass is 32.2. The molecule has 0 spiro atoms. The summed E-state index contributed by atoms with van der Waals surface area (Å²) in [6.45, 7) is 9.04. The number of hydrogen-bond donors (Lipinski definition) is 1. The predicted molar refractivity (Wildman–Crippen MR) is 73.4 cm³/mol. The minimum Gasteiger partial charge on any atom is -0.300 e. The molecule has 1 fully saturated rings. The molecule has 1 saturated heterocycles. The molecule has 0 aliphatic carbocycles. The second-order valence-corrected chi connectivity index (χ2v) is 6.79. The molecule has 0 bridgehead atoms. The number of aromatic nitrogens is 2. The second kappa shape index (κ2) is 5.60. The van der Waals surface area contributed by atoms with Gasteiger partial charge in [-0.05, 0) is 26.4 Å². The molecule has 0 amide bonds. The Labute approximate surface area is 114 Å². The van der Waals surface area contributed by atoms with Crippen molar-refractivity contribution in [2.24, 2.45) is 0 Å². The average Bonchev–Trinajstić information content (AvgIpc) is 3.00. The van der Waals surface area contributed by atoms with Crippen LogP contribution in [-0.2, 0) is 10.0 Å². The van der Waals surface area contributed by atoms with Gasteiger partial charge in [0.2, 0.25) is 10.0 Å². The third kappa shape index (κ3) is 2.68. The van der Waals surface area contributed by atoms with Crippen LogP contribution in [0.15, 0.2) is 11.1 Å². The van der Waals surface area contributed by atoms with Crippen LogP contribution in [-0.4, -0.2) is 60.0 Å². The maximum Gasteiger partial charge on any atom is 0.246 e. The Balaban J connectivity index is 2.15. The first-order valence-electron chi connectivity index (χ1n) is 6.74. The summed E-state index contributed by atoms with van der Waals surface area (Å²) >= 11 is 0. The van der Waals surface area contributed by atoms with Gasteiger partial charge < -0.3 is 0 Å². The van der Waals surface area contributed by atoms with Crippen molar-refractivity contribution < 1.29 is 8.42 Å². The van der Waals surface area contributed by atoms with Gasteiger partial charge in [-0.2, -0.15) is 9.40 Å². The van der Waals surface area contributed by atoms with Gasteiger partial charge in [0, 0.05) is 19.1 Å². The molecular weight excluding hydrogens is 264 g/mol. The highest BCUT2D eigenvalue weighted by Gasteiger charge is 2.35. The van der Waals surface area contributed by atoms with Crippen LogP contribution in [0, 0.1) is 6.92 Å². The van der Waals surface area contributed by atoms with Crippen molar-refractivity contribution in [1.82, 2.24) is 19.4 Å². The Bertz CT molecular complexity index is 522. The smallest absolute Gasteiger partial charge is 0.246 e. The number of nitrogens with zero attached hydrogens (tertiary/aromatic N) is 3. The van der Waals surface area contributed by atoms with E-state index in [1.54, 1.807) is 11.2 Å². The normalized spacial score (nSPS) is 21.4.